The molecule has 2 fully saturated rings. The van der Waals surface area contributed by atoms with E-state index in [1.54, 1.807) is 0 Å². The van der Waals surface area contributed by atoms with Crippen LogP contribution in [0, 0.1) is 5.92 Å². The predicted molar refractivity (Wildman–Crippen MR) is 240 cm³/mol. The monoisotopic (exact) mass is 840 g/mol. The van der Waals surface area contributed by atoms with Gasteiger partial charge in [0.25, 0.3) is 0 Å². The fourth-order valence-corrected chi connectivity index (χ4v) is 7.43. The molecule has 1 unspecified atom stereocenters. The molecule has 340 valence electrons. The van der Waals surface area contributed by atoms with Gasteiger partial charge in [0, 0.05) is 32.1 Å². The molecule has 1 heterocycles. The number of unbranched alkanes of at least 4 members (excludes halogenated alkanes) is 6. The molecule has 0 radical (unpaired) electrons. The van der Waals surface area contributed by atoms with Crippen molar-refractivity contribution in [1.82, 2.24) is 4.90 Å². The first kappa shape index (κ1) is 52.5. The molecule has 60 heavy (non-hydrogen) atoms. The maximum Gasteiger partial charge on any atom is 0.306 e. The average Bonchev–Trinajstić information content (AvgIpc) is 3.73. The number of allylic oxidation sites excluding steroid dienone is 6. The Bertz CT molecular complexity index is 1250. The summed E-state index contributed by atoms with van der Waals surface area (Å²) in [4.78, 5) is 53.3. The second-order valence-electron chi connectivity index (χ2n) is 16.6. The van der Waals surface area contributed by atoms with Crippen molar-refractivity contribution in [3.8, 4) is 0 Å². The van der Waals surface area contributed by atoms with E-state index in [9.17, 15) is 19.2 Å². The third kappa shape index (κ3) is 26.5. The van der Waals surface area contributed by atoms with Crippen LogP contribution in [0.3, 0.4) is 0 Å². The first-order valence-corrected chi connectivity index (χ1v) is 23.5. The second-order valence-corrected chi connectivity index (χ2v) is 16.6. The van der Waals surface area contributed by atoms with E-state index < -0.39 is 0 Å². The molecule has 0 amide bonds. The standard InChI is InChI=1S/C50H81NO9/c1-5-9-13-27-44(28-14-10-6-2)59-49(54)33-18-17-31-46(43-25-23-26-43)56-39-42(41-58-48(53)35-24-38-51-36-21-22-37-51)40-57-47(52)32-19-20-34-50(55)60-45(29-15-11-7-3)30-16-12-8-4/h5-8,42,44-45H,1-4,9-41H2. The minimum absolute atomic E-state index is 0.0637. The first-order chi connectivity index (χ1) is 29.3. The summed E-state index contributed by atoms with van der Waals surface area (Å²) in [5, 5.41) is 0. The van der Waals surface area contributed by atoms with Gasteiger partial charge in [0.2, 0.25) is 0 Å². The summed E-state index contributed by atoms with van der Waals surface area (Å²) in [6, 6.07) is 0. The SMILES string of the molecule is C=CCCCC(CCCC=C)OC(=O)CCCCC(=O)OCC(COC(=O)CCCN1CCCC1)COC(CCCCC(=O)OC(CCCC=C)CCCC=C)=C1CCC1. The lowest BCUT2D eigenvalue weighted by Crippen LogP contribution is -2.26. The summed E-state index contributed by atoms with van der Waals surface area (Å²) in [7, 11) is 0. The number of carbonyl (C=O) groups is 4. The van der Waals surface area contributed by atoms with Gasteiger partial charge in [-0.2, -0.15) is 0 Å². The van der Waals surface area contributed by atoms with Gasteiger partial charge in [-0.25, -0.2) is 0 Å². The number of hydrogen-bond donors (Lipinski definition) is 0. The molecule has 2 rings (SSSR count). The number of ether oxygens (including phenoxy) is 5. The Hall–Kier alpha value is -3.66. The van der Waals surface area contributed by atoms with Crippen LogP contribution in [0.15, 0.2) is 62.0 Å². The van der Waals surface area contributed by atoms with Crippen LogP contribution in [-0.2, 0) is 42.9 Å². The largest absolute Gasteiger partial charge is 0.497 e. The van der Waals surface area contributed by atoms with E-state index in [1.807, 2.05) is 24.3 Å². The number of likely N-dealkylation sites (tertiary alicyclic amines) is 1. The number of esters is 4. The van der Waals surface area contributed by atoms with Crippen molar-refractivity contribution in [2.24, 2.45) is 5.92 Å². The summed E-state index contributed by atoms with van der Waals surface area (Å²) < 4.78 is 29.5. The fourth-order valence-electron chi connectivity index (χ4n) is 7.43. The van der Waals surface area contributed by atoms with Crippen molar-refractivity contribution in [1.29, 1.82) is 0 Å². The van der Waals surface area contributed by atoms with Gasteiger partial charge in [0.05, 0.1) is 18.3 Å². The minimum atomic E-state index is -0.356. The van der Waals surface area contributed by atoms with Gasteiger partial charge in [0.15, 0.2) is 0 Å². The highest BCUT2D eigenvalue weighted by Gasteiger charge is 2.22. The molecule has 1 saturated carbocycles. The molecule has 0 aromatic carbocycles. The molecular weight excluding hydrogens is 759 g/mol. The number of nitrogens with zero attached hydrogens (tertiary/aromatic N) is 1. The molecule has 1 aliphatic carbocycles. The topological polar surface area (TPSA) is 118 Å². The quantitative estimate of drug-likeness (QED) is 0.0195. The molecule has 0 aromatic rings. The van der Waals surface area contributed by atoms with Crippen LogP contribution in [0.4, 0.5) is 0 Å². The zero-order valence-corrected chi connectivity index (χ0v) is 37.3. The number of carbonyl (C=O) groups excluding carboxylic acids is 4. The lowest BCUT2D eigenvalue weighted by molar-refractivity contribution is -0.152. The smallest absolute Gasteiger partial charge is 0.306 e. The van der Waals surface area contributed by atoms with Crippen LogP contribution >= 0.6 is 0 Å². The van der Waals surface area contributed by atoms with Crippen molar-refractivity contribution < 1.29 is 42.9 Å². The van der Waals surface area contributed by atoms with Crippen molar-refractivity contribution >= 4 is 23.9 Å². The molecule has 1 saturated heterocycles. The lowest BCUT2D eigenvalue weighted by atomic mass is 9.90. The van der Waals surface area contributed by atoms with Crippen molar-refractivity contribution in [3.63, 3.8) is 0 Å². The second kappa shape index (κ2) is 35.0. The maximum atomic E-state index is 12.8. The van der Waals surface area contributed by atoms with Crippen LogP contribution in [0.5, 0.6) is 0 Å². The Morgan fingerprint density at radius 3 is 1.32 bits per heavy atom. The molecule has 2 aliphatic rings. The van der Waals surface area contributed by atoms with Crippen LogP contribution in [0.1, 0.15) is 173 Å². The third-order valence-corrected chi connectivity index (χ3v) is 11.2. The van der Waals surface area contributed by atoms with Gasteiger partial charge in [-0.3, -0.25) is 19.2 Å². The predicted octanol–water partition coefficient (Wildman–Crippen LogP) is 11.4. The Morgan fingerprint density at radius 1 is 0.500 bits per heavy atom. The third-order valence-electron chi connectivity index (χ3n) is 11.2. The molecule has 1 aliphatic heterocycles. The fraction of sp³-hybridized carbons (Fsp3) is 0.720. The van der Waals surface area contributed by atoms with E-state index in [-0.39, 0.29) is 74.7 Å². The first-order valence-electron chi connectivity index (χ1n) is 23.5. The van der Waals surface area contributed by atoms with Crippen LogP contribution in [0.2, 0.25) is 0 Å². The van der Waals surface area contributed by atoms with E-state index in [0.717, 1.165) is 135 Å². The van der Waals surface area contributed by atoms with E-state index >= 15 is 0 Å². The number of hydrogen-bond acceptors (Lipinski definition) is 10. The Kier molecular flexibility index (Phi) is 30.6. The van der Waals surface area contributed by atoms with Gasteiger partial charge in [-0.1, -0.05) is 24.3 Å². The van der Waals surface area contributed by atoms with E-state index in [0.29, 0.717) is 38.5 Å². The molecule has 0 spiro atoms. The highest BCUT2D eigenvalue weighted by Crippen LogP contribution is 2.32. The van der Waals surface area contributed by atoms with E-state index in [1.165, 1.54) is 18.4 Å². The van der Waals surface area contributed by atoms with E-state index in [4.69, 9.17) is 23.7 Å². The van der Waals surface area contributed by atoms with Crippen LogP contribution in [0.25, 0.3) is 0 Å². The molecule has 0 aromatic heterocycles. The Morgan fingerprint density at radius 2 is 0.900 bits per heavy atom. The zero-order chi connectivity index (χ0) is 43.5. The van der Waals surface area contributed by atoms with Gasteiger partial charge in [-0.15, -0.1) is 26.3 Å². The molecule has 0 bridgehead atoms. The summed E-state index contributed by atoms with van der Waals surface area (Å²) >= 11 is 0. The maximum absolute atomic E-state index is 12.8. The van der Waals surface area contributed by atoms with Crippen LogP contribution in [-0.4, -0.2) is 80.4 Å². The minimum Gasteiger partial charge on any atom is -0.497 e. The van der Waals surface area contributed by atoms with E-state index in [2.05, 4.69) is 31.2 Å². The van der Waals surface area contributed by atoms with Crippen molar-refractivity contribution in [3.05, 3.63) is 62.0 Å². The summed E-state index contributed by atoms with van der Waals surface area (Å²) in [5.41, 5.74) is 1.29. The molecule has 1 atom stereocenters. The lowest BCUT2D eigenvalue weighted by Gasteiger charge is -2.25. The zero-order valence-electron chi connectivity index (χ0n) is 37.3. The Balaban J connectivity index is 1.86. The highest BCUT2D eigenvalue weighted by atomic mass is 16.6. The summed E-state index contributed by atoms with van der Waals surface area (Å²) in [5.74, 6) is -0.405. The summed E-state index contributed by atoms with van der Waals surface area (Å²) in [6.07, 6.45) is 28.7. The molecule has 10 nitrogen and oxygen atoms in total. The number of rotatable bonds is 39. The summed E-state index contributed by atoms with van der Waals surface area (Å²) in [6.45, 7) is 18.6. The molecular formula is C50H81NO9. The van der Waals surface area contributed by atoms with Gasteiger partial charge < -0.3 is 28.6 Å². The van der Waals surface area contributed by atoms with Crippen molar-refractivity contribution in [2.75, 3.05) is 39.5 Å². The van der Waals surface area contributed by atoms with Crippen LogP contribution < -0.4 is 0 Å². The molecule has 10 heteroatoms. The van der Waals surface area contributed by atoms with Gasteiger partial charge in [-0.05, 0) is 166 Å². The highest BCUT2D eigenvalue weighted by molar-refractivity contribution is 5.71. The van der Waals surface area contributed by atoms with Gasteiger partial charge >= 0.3 is 23.9 Å². The van der Waals surface area contributed by atoms with Crippen molar-refractivity contribution in [2.45, 2.75) is 186 Å². The molecule has 0 N–H and O–H groups in total. The van der Waals surface area contributed by atoms with Gasteiger partial charge in [0.1, 0.15) is 25.4 Å². The average molecular weight is 840 g/mol. The Labute approximate surface area is 363 Å². The normalized spacial score (nSPS) is 14.3.